The van der Waals surface area contributed by atoms with Crippen molar-refractivity contribution in [3.8, 4) is 0 Å². The average Bonchev–Trinajstić information content (AvgIpc) is 3.14. The molecule has 0 unspecified atom stereocenters. The van der Waals surface area contributed by atoms with Gasteiger partial charge in [0.1, 0.15) is 5.69 Å². The third-order valence-electron chi connectivity index (χ3n) is 4.63. The number of carbonyl (C=O) groups excluding carboxylic acids is 2. The lowest BCUT2D eigenvalue weighted by Gasteiger charge is -2.23. The molecular formula is C19H24N4O3. The SMILES string of the molecule is CNC(=O)c1cc(C(=O)NC2CCOCC2)n([C@@H](C)c2ccccc2)n1. The monoisotopic (exact) mass is 356 g/mol. The highest BCUT2D eigenvalue weighted by atomic mass is 16.5. The summed E-state index contributed by atoms with van der Waals surface area (Å²) in [4.78, 5) is 24.9. The largest absolute Gasteiger partial charge is 0.381 e. The van der Waals surface area contributed by atoms with Crippen LogP contribution in [0.15, 0.2) is 36.4 Å². The molecule has 7 heteroatoms. The van der Waals surface area contributed by atoms with Gasteiger partial charge < -0.3 is 15.4 Å². The quantitative estimate of drug-likeness (QED) is 0.855. The smallest absolute Gasteiger partial charge is 0.271 e. The second-order valence-electron chi connectivity index (χ2n) is 6.39. The maximum Gasteiger partial charge on any atom is 0.271 e. The van der Waals surface area contributed by atoms with Crippen molar-refractivity contribution in [1.29, 1.82) is 0 Å². The van der Waals surface area contributed by atoms with Gasteiger partial charge in [-0.3, -0.25) is 14.3 Å². The van der Waals surface area contributed by atoms with Gasteiger partial charge in [-0.2, -0.15) is 5.10 Å². The van der Waals surface area contributed by atoms with Crippen LogP contribution in [-0.4, -0.2) is 47.9 Å². The number of carbonyl (C=O) groups is 2. The minimum atomic E-state index is -0.316. The molecule has 0 spiro atoms. The Morgan fingerprint density at radius 3 is 2.54 bits per heavy atom. The van der Waals surface area contributed by atoms with Gasteiger partial charge in [0.15, 0.2) is 5.69 Å². The summed E-state index contributed by atoms with van der Waals surface area (Å²) in [5.74, 6) is -0.536. The fourth-order valence-corrected chi connectivity index (χ4v) is 3.07. The molecule has 1 aliphatic rings. The van der Waals surface area contributed by atoms with E-state index in [1.807, 2.05) is 37.3 Å². The number of benzene rings is 1. The fraction of sp³-hybridized carbons (Fsp3) is 0.421. The molecule has 1 saturated heterocycles. The number of nitrogens with zero attached hydrogens (tertiary/aromatic N) is 2. The highest BCUT2D eigenvalue weighted by Crippen LogP contribution is 2.20. The Morgan fingerprint density at radius 2 is 1.88 bits per heavy atom. The first kappa shape index (κ1) is 18.1. The van der Waals surface area contributed by atoms with Crippen molar-refractivity contribution in [2.24, 2.45) is 0 Å². The van der Waals surface area contributed by atoms with E-state index in [0.717, 1.165) is 18.4 Å². The Morgan fingerprint density at radius 1 is 1.19 bits per heavy atom. The number of rotatable bonds is 5. The summed E-state index contributed by atoms with van der Waals surface area (Å²) in [5.41, 5.74) is 1.62. The maximum atomic E-state index is 12.8. The van der Waals surface area contributed by atoms with Crippen LogP contribution in [0.1, 0.15) is 52.3 Å². The molecule has 2 aromatic rings. The van der Waals surface area contributed by atoms with Crippen LogP contribution in [0.25, 0.3) is 0 Å². The Balaban J connectivity index is 1.90. The lowest BCUT2D eigenvalue weighted by atomic mass is 10.1. The maximum absolute atomic E-state index is 12.8. The van der Waals surface area contributed by atoms with E-state index in [2.05, 4.69) is 15.7 Å². The normalized spacial score (nSPS) is 16.1. The molecule has 2 N–H and O–H groups in total. The minimum Gasteiger partial charge on any atom is -0.381 e. The molecule has 2 heterocycles. The van der Waals surface area contributed by atoms with Crippen molar-refractivity contribution in [3.05, 3.63) is 53.3 Å². The number of aromatic nitrogens is 2. The van der Waals surface area contributed by atoms with Crippen molar-refractivity contribution in [2.75, 3.05) is 20.3 Å². The molecular weight excluding hydrogens is 332 g/mol. The lowest BCUT2D eigenvalue weighted by Crippen LogP contribution is -2.40. The summed E-state index contributed by atoms with van der Waals surface area (Å²) in [7, 11) is 1.55. The van der Waals surface area contributed by atoms with Crippen LogP contribution >= 0.6 is 0 Å². The van der Waals surface area contributed by atoms with E-state index in [9.17, 15) is 9.59 Å². The fourth-order valence-electron chi connectivity index (χ4n) is 3.07. The molecule has 1 aromatic heterocycles. The molecule has 138 valence electrons. The predicted octanol–water partition coefficient (Wildman–Crippen LogP) is 1.76. The molecule has 3 rings (SSSR count). The molecule has 26 heavy (non-hydrogen) atoms. The molecule has 0 bridgehead atoms. The van der Waals surface area contributed by atoms with Gasteiger partial charge in [-0.15, -0.1) is 0 Å². The van der Waals surface area contributed by atoms with Crippen LogP contribution in [0.5, 0.6) is 0 Å². The van der Waals surface area contributed by atoms with Crippen LogP contribution in [-0.2, 0) is 4.74 Å². The summed E-state index contributed by atoms with van der Waals surface area (Å²) in [6.07, 6.45) is 1.58. The zero-order valence-electron chi connectivity index (χ0n) is 15.1. The molecule has 0 aliphatic carbocycles. The van der Waals surface area contributed by atoms with Crippen molar-refractivity contribution in [1.82, 2.24) is 20.4 Å². The summed E-state index contributed by atoms with van der Waals surface area (Å²) in [6.45, 7) is 3.25. The summed E-state index contributed by atoms with van der Waals surface area (Å²) >= 11 is 0. The number of hydrogen-bond acceptors (Lipinski definition) is 4. The number of nitrogens with one attached hydrogen (secondary N) is 2. The van der Waals surface area contributed by atoms with Crippen molar-refractivity contribution in [2.45, 2.75) is 31.8 Å². The molecule has 1 aliphatic heterocycles. The molecule has 1 aromatic carbocycles. The second-order valence-corrected chi connectivity index (χ2v) is 6.39. The van der Waals surface area contributed by atoms with E-state index < -0.39 is 0 Å². The molecule has 0 saturated carbocycles. The molecule has 7 nitrogen and oxygen atoms in total. The van der Waals surface area contributed by atoms with Gasteiger partial charge in [-0.1, -0.05) is 30.3 Å². The Labute approximate surface area is 152 Å². The van der Waals surface area contributed by atoms with Crippen LogP contribution in [0.3, 0.4) is 0 Å². The Kier molecular flexibility index (Phi) is 5.68. The first-order valence-electron chi connectivity index (χ1n) is 8.85. The van der Waals surface area contributed by atoms with Gasteiger partial charge in [0.2, 0.25) is 0 Å². The topological polar surface area (TPSA) is 85.3 Å². The van der Waals surface area contributed by atoms with E-state index in [1.165, 1.54) is 0 Å². The summed E-state index contributed by atoms with van der Waals surface area (Å²) in [5, 5.41) is 9.99. The number of amides is 2. The van der Waals surface area contributed by atoms with Gasteiger partial charge in [-0.05, 0) is 25.3 Å². The predicted molar refractivity (Wildman–Crippen MR) is 97.2 cm³/mol. The Hall–Kier alpha value is -2.67. The van der Waals surface area contributed by atoms with Crippen LogP contribution in [0.4, 0.5) is 0 Å². The van der Waals surface area contributed by atoms with Gasteiger partial charge in [0, 0.05) is 32.4 Å². The highest BCUT2D eigenvalue weighted by molar-refractivity contribution is 5.98. The van der Waals surface area contributed by atoms with E-state index in [1.54, 1.807) is 17.8 Å². The zero-order valence-corrected chi connectivity index (χ0v) is 15.1. The summed E-state index contributed by atoms with van der Waals surface area (Å²) in [6, 6.07) is 11.2. The van der Waals surface area contributed by atoms with Gasteiger partial charge >= 0.3 is 0 Å². The first-order chi connectivity index (χ1) is 12.6. The van der Waals surface area contributed by atoms with Gasteiger partial charge in [0.25, 0.3) is 11.8 Å². The van der Waals surface area contributed by atoms with Crippen molar-refractivity contribution >= 4 is 11.8 Å². The zero-order chi connectivity index (χ0) is 18.5. The average molecular weight is 356 g/mol. The number of hydrogen-bond donors (Lipinski definition) is 2. The van der Waals surface area contributed by atoms with E-state index >= 15 is 0 Å². The van der Waals surface area contributed by atoms with Gasteiger partial charge in [0.05, 0.1) is 6.04 Å². The standard InChI is InChI=1S/C19H24N4O3/c1-13(14-6-4-3-5-7-14)23-17(12-16(22-23)18(24)20-2)19(25)21-15-8-10-26-11-9-15/h3-7,12-13,15H,8-11H2,1-2H3,(H,20,24)(H,21,25)/t13-/m0/s1. The van der Waals surface area contributed by atoms with Crippen LogP contribution in [0, 0.1) is 0 Å². The molecule has 0 radical (unpaired) electrons. The molecule has 2 amide bonds. The van der Waals surface area contributed by atoms with E-state index in [4.69, 9.17) is 4.74 Å². The third-order valence-corrected chi connectivity index (χ3v) is 4.63. The minimum absolute atomic E-state index is 0.0788. The Bertz CT molecular complexity index is 766. The highest BCUT2D eigenvalue weighted by Gasteiger charge is 2.25. The van der Waals surface area contributed by atoms with Crippen LogP contribution < -0.4 is 10.6 Å². The number of ether oxygens (including phenoxy) is 1. The third kappa shape index (κ3) is 3.94. The molecule has 1 atom stereocenters. The van der Waals surface area contributed by atoms with E-state index in [-0.39, 0.29) is 29.6 Å². The van der Waals surface area contributed by atoms with Crippen molar-refractivity contribution in [3.63, 3.8) is 0 Å². The van der Waals surface area contributed by atoms with Gasteiger partial charge in [-0.25, -0.2) is 0 Å². The second kappa shape index (κ2) is 8.14. The van der Waals surface area contributed by atoms with Crippen molar-refractivity contribution < 1.29 is 14.3 Å². The molecule has 1 fully saturated rings. The first-order valence-corrected chi connectivity index (χ1v) is 8.85. The lowest BCUT2D eigenvalue weighted by molar-refractivity contribution is 0.0691. The van der Waals surface area contributed by atoms with E-state index in [0.29, 0.717) is 18.9 Å². The van der Waals surface area contributed by atoms with Crippen LogP contribution in [0.2, 0.25) is 0 Å². The summed E-state index contributed by atoms with van der Waals surface area (Å²) < 4.78 is 6.95.